The molecular formula is C17H20N2O3S. The second-order valence-electron chi connectivity index (χ2n) is 4.94. The Morgan fingerprint density at radius 2 is 1.52 bits per heavy atom. The molecule has 0 bridgehead atoms. The summed E-state index contributed by atoms with van der Waals surface area (Å²) in [4.78, 5) is 27.9. The number of hydrogen-bond donors (Lipinski definition) is 0. The highest BCUT2D eigenvalue weighted by Gasteiger charge is 2.37. The van der Waals surface area contributed by atoms with Crippen LogP contribution in [-0.2, 0) is 9.59 Å². The quantitative estimate of drug-likeness (QED) is 0.472. The van der Waals surface area contributed by atoms with Crippen LogP contribution in [0.25, 0.3) is 6.08 Å². The largest absolute Gasteiger partial charge is 0.494 e. The SMILES string of the molecule is CCOc1ccc(C=C2C(=O)N(CC)C(=S)N(CC)C2=O)cc1. The van der Waals surface area contributed by atoms with Crippen molar-refractivity contribution in [1.82, 2.24) is 9.80 Å². The number of rotatable bonds is 5. The molecule has 122 valence electrons. The van der Waals surface area contributed by atoms with Crippen LogP contribution in [0.5, 0.6) is 5.75 Å². The Bertz CT molecular complexity index is 624. The van der Waals surface area contributed by atoms with Gasteiger partial charge in [0, 0.05) is 13.1 Å². The van der Waals surface area contributed by atoms with Gasteiger partial charge in [0.2, 0.25) is 0 Å². The lowest BCUT2D eigenvalue weighted by atomic mass is 10.1. The Balaban J connectivity index is 2.36. The number of carbonyl (C=O) groups excluding carboxylic acids is 2. The minimum Gasteiger partial charge on any atom is -0.494 e. The van der Waals surface area contributed by atoms with Crippen molar-refractivity contribution in [3.8, 4) is 5.75 Å². The maximum atomic E-state index is 12.5. The third kappa shape index (κ3) is 3.42. The lowest BCUT2D eigenvalue weighted by Gasteiger charge is -2.35. The van der Waals surface area contributed by atoms with Gasteiger partial charge in [-0.1, -0.05) is 12.1 Å². The molecule has 1 aromatic rings. The highest BCUT2D eigenvalue weighted by molar-refractivity contribution is 7.80. The maximum Gasteiger partial charge on any atom is 0.265 e. The first-order chi connectivity index (χ1) is 11.0. The molecular weight excluding hydrogens is 312 g/mol. The molecule has 0 aliphatic carbocycles. The minimum absolute atomic E-state index is 0.131. The molecule has 0 aromatic heterocycles. The number of hydrogen-bond acceptors (Lipinski definition) is 4. The highest BCUT2D eigenvalue weighted by atomic mass is 32.1. The standard InChI is InChI=1S/C17H20N2O3S/c1-4-18-15(20)14(16(21)19(5-2)17(18)23)11-12-7-9-13(10-8-12)22-6-3/h7-11H,4-6H2,1-3H3. The number of carbonyl (C=O) groups is 2. The first kappa shape index (κ1) is 17.1. The molecule has 23 heavy (non-hydrogen) atoms. The minimum atomic E-state index is -0.346. The molecule has 0 unspecified atom stereocenters. The van der Waals surface area contributed by atoms with Crippen molar-refractivity contribution in [2.75, 3.05) is 19.7 Å². The summed E-state index contributed by atoms with van der Waals surface area (Å²) in [6.45, 7) is 7.04. The van der Waals surface area contributed by atoms with E-state index in [2.05, 4.69) is 0 Å². The van der Waals surface area contributed by atoms with Gasteiger partial charge < -0.3 is 4.74 Å². The summed E-state index contributed by atoms with van der Waals surface area (Å²) < 4.78 is 5.39. The zero-order chi connectivity index (χ0) is 17.0. The molecule has 0 N–H and O–H groups in total. The maximum absolute atomic E-state index is 12.5. The van der Waals surface area contributed by atoms with Crippen LogP contribution in [-0.4, -0.2) is 46.4 Å². The van der Waals surface area contributed by atoms with E-state index in [1.54, 1.807) is 6.08 Å². The topological polar surface area (TPSA) is 49.9 Å². The van der Waals surface area contributed by atoms with E-state index < -0.39 is 0 Å². The molecule has 1 aliphatic heterocycles. The second kappa shape index (κ2) is 7.37. The fraction of sp³-hybridized carbons (Fsp3) is 0.353. The Morgan fingerprint density at radius 3 is 1.96 bits per heavy atom. The van der Waals surface area contributed by atoms with Gasteiger partial charge in [-0.25, -0.2) is 0 Å². The molecule has 1 saturated heterocycles. The van der Waals surface area contributed by atoms with Crippen LogP contribution in [0, 0.1) is 0 Å². The molecule has 1 aliphatic rings. The summed E-state index contributed by atoms with van der Waals surface area (Å²) in [5.74, 6) is 0.0599. The van der Waals surface area contributed by atoms with E-state index in [1.165, 1.54) is 9.80 Å². The van der Waals surface area contributed by atoms with Crippen molar-refractivity contribution in [1.29, 1.82) is 0 Å². The fourth-order valence-electron chi connectivity index (χ4n) is 2.38. The fourth-order valence-corrected chi connectivity index (χ4v) is 2.80. The van der Waals surface area contributed by atoms with E-state index in [1.807, 2.05) is 45.0 Å². The van der Waals surface area contributed by atoms with Gasteiger partial charge in [0.1, 0.15) is 11.3 Å². The molecule has 2 amide bonds. The molecule has 6 heteroatoms. The van der Waals surface area contributed by atoms with E-state index in [0.717, 1.165) is 11.3 Å². The number of amides is 2. The first-order valence-electron chi connectivity index (χ1n) is 7.65. The molecule has 5 nitrogen and oxygen atoms in total. The lowest BCUT2D eigenvalue weighted by Crippen LogP contribution is -2.55. The Morgan fingerprint density at radius 1 is 1.00 bits per heavy atom. The monoisotopic (exact) mass is 332 g/mol. The molecule has 1 heterocycles. The van der Waals surface area contributed by atoms with Gasteiger partial charge in [-0.15, -0.1) is 0 Å². The summed E-state index contributed by atoms with van der Waals surface area (Å²) in [5.41, 5.74) is 0.900. The number of nitrogens with zero attached hydrogens (tertiary/aromatic N) is 2. The summed E-state index contributed by atoms with van der Waals surface area (Å²) in [6, 6.07) is 7.26. The normalized spacial score (nSPS) is 15.3. The average Bonchev–Trinajstić information content (AvgIpc) is 2.54. The predicted molar refractivity (Wildman–Crippen MR) is 93.0 cm³/mol. The van der Waals surface area contributed by atoms with Gasteiger partial charge >= 0.3 is 0 Å². The number of likely N-dealkylation sites (N-methyl/N-ethyl adjacent to an activating group) is 2. The van der Waals surface area contributed by atoms with Gasteiger partial charge in [-0.3, -0.25) is 19.4 Å². The summed E-state index contributed by atoms with van der Waals surface area (Å²) in [6.07, 6.45) is 1.60. The van der Waals surface area contributed by atoms with Crippen LogP contribution < -0.4 is 4.74 Å². The van der Waals surface area contributed by atoms with Gasteiger partial charge in [0.05, 0.1) is 6.61 Å². The van der Waals surface area contributed by atoms with Crippen molar-refractivity contribution in [2.24, 2.45) is 0 Å². The Labute approximate surface area is 141 Å². The van der Waals surface area contributed by atoms with Crippen molar-refractivity contribution < 1.29 is 14.3 Å². The van der Waals surface area contributed by atoms with Gasteiger partial charge in [-0.05, 0) is 56.8 Å². The van der Waals surface area contributed by atoms with Gasteiger partial charge in [0.15, 0.2) is 5.11 Å². The molecule has 0 saturated carbocycles. The molecule has 1 aromatic carbocycles. The molecule has 0 spiro atoms. The van der Waals surface area contributed by atoms with Crippen LogP contribution in [0.15, 0.2) is 29.8 Å². The van der Waals surface area contributed by atoms with Crippen molar-refractivity contribution >= 4 is 35.2 Å². The van der Waals surface area contributed by atoms with E-state index >= 15 is 0 Å². The number of benzene rings is 1. The van der Waals surface area contributed by atoms with E-state index in [0.29, 0.717) is 19.7 Å². The Kier molecular flexibility index (Phi) is 5.50. The smallest absolute Gasteiger partial charge is 0.265 e. The van der Waals surface area contributed by atoms with Crippen LogP contribution in [0.2, 0.25) is 0 Å². The van der Waals surface area contributed by atoms with E-state index in [4.69, 9.17) is 17.0 Å². The van der Waals surface area contributed by atoms with Crippen LogP contribution in [0.1, 0.15) is 26.3 Å². The van der Waals surface area contributed by atoms with Crippen LogP contribution in [0.3, 0.4) is 0 Å². The lowest BCUT2D eigenvalue weighted by molar-refractivity contribution is -0.133. The number of ether oxygens (including phenoxy) is 1. The number of thiocarbonyl (C=S) groups is 1. The highest BCUT2D eigenvalue weighted by Crippen LogP contribution is 2.21. The molecule has 1 fully saturated rings. The Hall–Kier alpha value is -2.21. The van der Waals surface area contributed by atoms with E-state index in [-0.39, 0.29) is 22.5 Å². The first-order valence-corrected chi connectivity index (χ1v) is 8.06. The third-order valence-electron chi connectivity index (χ3n) is 3.55. The zero-order valence-corrected chi connectivity index (χ0v) is 14.4. The van der Waals surface area contributed by atoms with E-state index in [9.17, 15) is 9.59 Å². The third-order valence-corrected chi connectivity index (χ3v) is 3.99. The van der Waals surface area contributed by atoms with Crippen LogP contribution >= 0.6 is 12.2 Å². The zero-order valence-electron chi connectivity index (χ0n) is 13.5. The van der Waals surface area contributed by atoms with Gasteiger partial charge in [0.25, 0.3) is 11.8 Å². The summed E-state index contributed by atoms with van der Waals surface area (Å²) >= 11 is 5.23. The van der Waals surface area contributed by atoms with Crippen molar-refractivity contribution in [3.05, 3.63) is 35.4 Å². The average molecular weight is 332 g/mol. The molecule has 0 atom stereocenters. The van der Waals surface area contributed by atoms with Crippen molar-refractivity contribution in [3.63, 3.8) is 0 Å². The summed E-state index contributed by atoms with van der Waals surface area (Å²) in [7, 11) is 0. The van der Waals surface area contributed by atoms with Gasteiger partial charge in [-0.2, -0.15) is 0 Å². The molecule has 2 rings (SSSR count). The summed E-state index contributed by atoms with van der Waals surface area (Å²) in [5, 5.41) is 0.272. The molecule has 0 radical (unpaired) electrons. The second-order valence-corrected chi connectivity index (χ2v) is 5.31. The van der Waals surface area contributed by atoms with Crippen molar-refractivity contribution in [2.45, 2.75) is 20.8 Å². The van der Waals surface area contributed by atoms with Crippen LogP contribution in [0.4, 0.5) is 0 Å². The predicted octanol–water partition coefficient (Wildman–Crippen LogP) is 2.46.